The molecule has 0 amide bonds. The van der Waals surface area contributed by atoms with Crippen LogP contribution in [-0.2, 0) is 49.6 Å². The van der Waals surface area contributed by atoms with Crippen molar-refractivity contribution in [3.8, 4) is 22.6 Å². The number of aromatic nitrogens is 2. The number of carbonyl (C=O) groups excluding carboxylic acids is 1. The molecule has 0 aliphatic heterocycles. The first kappa shape index (κ1) is 42.1. The average molecular weight is 892 g/mol. The summed E-state index contributed by atoms with van der Waals surface area (Å²) in [4.78, 5) is 21.6. The Balaban J connectivity index is 0.000000299. The molecule has 0 fully saturated rings. The van der Waals surface area contributed by atoms with Gasteiger partial charge in [-0.25, -0.2) is 4.98 Å². The Morgan fingerprint density at radius 3 is 2.19 bits per heavy atom. The van der Waals surface area contributed by atoms with Gasteiger partial charge in [-0.2, -0.15) is 0 Å². The number of fused-ring (bicyclic) bond motifs is 6. The number of aliphatic hydroxyl groups excluding tert-OH is 1. The van der Waals surface area contributed by atoms with Gasteiger partial charge >= 0.3 is 0 Å². The van der Waals surface area contributed by atoms with Crippen LogP contribution >= 0.6 is 0 Å². The zero-order valence-corrected chi connectivity index (χ0v) is 36.2. The summed E-state index contributed by atoms with van der Waals surface area (Å²) in [6.07, 6.45) is 9.48. The molecular weight excluding hydrogens is 833 g/mol. The van der Waals surface area contributed by atoms with E-state index in [4.69, 9.17) is 9.40 Å². The standard InChI is InChI=1S/C32H31N2O.C15H28O2.Ir/c1-19(2)14-20-10-12-25-22(15-20)11-13-26-29-31(35-30(25)26)28(33-18-34-29)23-16-21-8-6-7-9-24(21)27(17-23)32(3,4)5;1-7-14(5,8-2)12(16)11-13(17)15(6,9-3)10-4;/h6-10,12,15,17-19H,11,13-14H2,1-5H3;11,16H,7-10H2,1-6H3;/q-1;;/b;12-11-;. The van der Waals surface area contributed by atoms with Crippen molar-refractivity contribution in [2.75, 3.05) is 0 Å². The van der Waals surface area contributed by atoms with Crippen molar-refractivity contribution >= 4 is 27.7 Å². The fourth-order valence-corrected chi connectivity index (χ4v) is 7.19. The van der Waals surface area contributed by atoms with Crippen LogP contribution in [0.2, 0.25) is 0 Å². The quantitative estimate of drug-likeness (QED) is 0.0859. The zero-order valence-electron chi connectivity index (χ0n) is 33.8. The molecule has 6 rings (SSSR count). The van der Waals surface area contributed by atoms with E-state index in [1.54, 1.807) is 6.33 Å². The minimum atomic E-state index is -0.337. The van der Waals surface area contributed by atoms with Crippen LogP contribution in [0.5, 0.6) is 0 Å². The largest absolute Gasteiger partial charge is 0.512 e. The van der Waals surface area contributed by atoms with Crippen LogP contribution in [0.3, 0.4) is 0 Å². The molecule has 0 atom stereocenters. The second-order valence-electron chi connectivity index (χ2n) is 16.7. The second-order valence-corrected chi connectivity index (χ2v) is 16.7. The monoisotopic (exact) mass is 892 g/mol. The molecule has 3 aromatic carbocycles. The Bertz CT molecular complexity index is 2090. The van der Waals surface area contributed by atoms with E-state index in [0.717, 1.165) is 78.4 Å². The number of ketones is 1. The summed E-state index contributed by atoms with van der Waals surface area (Å²) in [6, 6.07) is 21.2. The molecule has 2 aromatic heterocycles. The predicted octanol–water partition coefficient (Wildman–Crippen LogP) is 12.8. The molecule has 0 bridgehead atoms. The molecule has 0 saturated heterocycles. The van der Waals surface area contributed by atoms with E-state index in [1.807, 2.05) is 41.5 Å². The van der Waals surface area contributed by atoms with Crippen LogP contribution in [0.1, 0.15) is 124 Å². The van der Waals surface area contributed by atoms with Gasteiger partial charge in [0.1, 0.15) is 28.9 Å². The molecule has 5 nitrogen and oxygen atoms in total. The molecule has 0 unspecified atom stereocenters. The Labute approximate surface area is 331 Å². The summed E-state index contributed by atoms with van der Waals surface area (Å²) in [7, 11) is 0. The first-order chi connectivity index (χ1) is 24.6. The van der Waals surface area contributed by atoms with Crippen molar-refractivity contribution in [3.05, 3.63) is 95.0 Å². The van der Waals surface area contributed by atoms with Gasteiger partial charge in [0.05, 0.1) is 5.69 Å². The zero-order chi connectivity index (χ0) is 38.0. The first-order valence-electron chi connectivity index (χ1n) is 19.4. The minimum Gasteiger partial charge on any atom is -0.512 e. The molecule has 2 heterocycles. The van der Waals surface area contributed by atoms with E-state index in [2.05, 4.69) is 94.2 Å². The topological polar surface area (TPSA) is 76.2 Å². The fraction of sp³-hybridized carbons (Fsp3) is 0.468. The summed E-state index contributed by atoms with van der Waals surface area (Å²) in [5, 5.41) is 12.5. The van der Waals surface area contributed by atoms with Crippen LogP contribution in [0.25, 0.3) is 44.5 Å². The van der Waals surface area contributed by atoms with Crippen LogP contribution < -0.4 is 0 Å². The summed E-state index contributed by atoms with van der Waals surface area (Å²) in [6.45, 7) is 23.4. The molecular formula is C47H59IrN2O3-. The third-order valence-electron chi connectivity index (χ3n) is 11.7. The normalized spacial score (nSPS) is 13.3. The van der Waals surface area contributed by atoms with Crippen molar-refractivity contribution < 1.29 is 34.4 Å². The molecule has 285 valence electrons. The van der Waals surface area contributed by atoms with Crippen molar-refractivity contribution in [1.82, 2.24) is 9.97 Å². The van der Waals surface area contributed by atoms with E-state index >= 15 is 0 Å². The number of aryl methyl sites for hydroxylation is 2. The molecule has 0 spiro atoms. The van der Waals surface area contributed by atoms with E-state index in [9.17, 15) is 9.90 Å². The summed E-state index contributed by atoms with van der Waals surface area (Å²) in [5.74, 6) is 1.89. The van der Waals surface area contributed by atoms with E-state index < -0.39 is 0 Å². The number of furan rings is 1. The van der Waals surface area contributed by atoms with Gasteiger partial charge in [-0.15, -0.1) is 29.1 Å². The van der Waals surface area contributed by atoms with E-state index in [-0.39, 0.29) is 47.9 Å². The van der Waals surface area contributed by atoms with Gasteiger partial charge in [-0.05, 0) is 67.4 Å². The van der Waals surface area contributed by atoms with Gasteiger partial charge in [0.2, 0.25) is 0 Å². The van der Waals surface area contributed by atoms with Gasteiger partial charge in [-0.1, -0.05) is 124 Å². The molecule has 0 saturated carbocycles. The van der Waals surface area contributed by atoms with Crippen LogP contribution in [-0.4, -0.2) is 20.9 Å². The van der Waals surface area contributed by atoms with Crippen molar-refractivity contribution in [1.29, 1.82) is 0 Å². The smallest absolute Gasteiger partial charge is 0.164 e. The average Bonchev–Trinajstić information content (AvgIpc) is 3.52. The Morgan fingerprint density at radius 1 is 0.906 bits per heavy atom. The first-order valence-corrected chi connectivity index (χ1v) is 19.4. The maximum atomic E-state index is 12.2. The maximum absolute atomic E-state index is 12.2. The number of aliphatic hydroxyl groups is 1. The molecule has 53 heavy (non-hydrogen) atoms. The maximum Gasteiger partial charge on any atom is 0.164 e. The third-order valence-corrected chi connectivity index (χ3v) is 11.7. The Morgan fingerprint density at radius 2 is 1.57 bits per heavy atom. The van der Waals surface area contributed by atoms with Gasteiger partial charge < -0.3 is 9.52 Å². The number of nitrogens with zero attached hydrogens (tertiary/aromatic N) is 2. The van der Waals surface area contributed by atoms with Crippen molar-refractivity contribution in [2.45, 2.75) is 127 Å². The summed E-state index contributed by atoms with van der Waals surface area (Å²) >= 11 is 0. The minimum absolute atomic E-state index is 0. The molecule has 1 radical (unpaired) electrons. The number of rotatable bonds is 10. The third kappa shape index (κ3) is 8.71. The second kappa shape index (κ2) is 16.8. The van der Waals surface area contributed by atoms with Crippen LogP contribution in [0, 0.1) is 22.8 Å². The Kier molecular flexibility index (Phi) is 13.4. The van der Waals surface area contributed by atoms with Gasteiger partial charge in [-0.3, -0.25) is 9.78 Å². The Hall–Kier alpha value is -3.60. The number of hydrogen-bond donors (Lipinski definition) is 1. The summed E-state index contributed by atoms with van der Waals surface area (Å²) in [5.41, 5.74) is 9.31. The predicted molar refractivity (Wildman–Crippen MR) is 217 cm³/mol. The molecule has 1 aliphatic rings. The SMILES string of the molecule is CC(C)Cc1ccc2c(c1)CCc1c-2oc2c(-c3[c-]c4ccccc4c(C(C)(C)C)c3)ncnc12.CCC(C)(CC)C(=O)/C=C(\O)C(C)(CC)CC.[Ir]. The molecule has 1 N–H and O–H groups in total. The van der Waals surface area contributed by atoms with Crippen molar-refractivity contribution in [3.63, 3.8) is 0 Å². The molecule has 5 aromatic rings. The van der Waals surface area contributed by atoms with Crippen molar-refractivity contribution in [2.24, 2.45) is 16.7 Å². The molecule has 6 heteroatoms. The number of hydrogen-bond acceptors (Lipinski definition) is 5. The van der Waals surface area contributed by atoms with E-state index in [1.165, 1.54) is 39.3 Å². The van der Waals surface area contributed by atoms with Crippen LogP contribution in [0.4, 0.5) is 0 Å². The summed E-state index contributed by atoms with van der Waals surface area (Å²) < 4.78 is 6.62. The molecule has 1 aliphatic carbocycles. The fourth-order valence-electron chi connectivity index (χ4n) is 7.19. The number of benzene rings is 3. The number of allylic oxidation sites excluding steroid dienone is 2. The van der Waals surface area contributed by atoms with E-state index in [0.29, 0.717) is 5.92 Å². The van der Waals surface area contributed by atoms with Crippen LogP contribution in [0.15, 0.2) is 71.1 Å². The van der Waals surface area contributed by atoms with Gasteiger partial charge in [0.25, 0.3) is 0 Å². The van der Waals surface area contributed by atoms with Gasteiger partial charge in [0, 0.05) is 48.1 Å². The van der Waals surface area contributed by atoms with Gasteiger partial charge in [0.15, 0.2) is 5.78 Å². The number of carbonyl (C=O) groups is 1.